The number of hydrogen-bond acceptors (Lipinski definition) is 5. The number of aryl methyl sites for hydroxylation is 1. The first-order valence-electron chi connectivity index (χ1n) is 8.63. The maximum Gasteiger partial charge on any atom is 0.326 e. The summed E-state index contributed by atoms with van der Waals surface area (Å²) < 4.78 is 5.65. The molecule has 0 aliphatic carbocycles. The molecule has 0 aromatic heterocycles. The number of rotatable bonds is 5. The second-order valence-electron chi connectivity index (χ2n) is 6.37. The fraction of sp³-hybridized carbons (Fsp3) is 0.200. The van der Waals surface area contributed by atoms with Crippen LogP contribution in [0, 0.1) is 17.0 Å². The number of carboxylic acid groups (broad SMARTS) is 1. The van der Waals surface area contributed by atoms with Gasteiger partial charge < -0.3 is 9.84 Å². The Hall–Kier alpha value is -3.68. The molecule has 144 valence electrons. The average molecular weight is 382 g/mol. The lowest BCUT2D eigenvalue weighted by Gasteiger charge is -2.34. The van der Waals surface area contributed by atoms with Crippen molar-refractivity contribution in [2.24, 2.45) is 0 Å². The van der Waals surface area contributed by atoms with E-state index in [1.165, 1.54) is 24.3 Å². The van der Waals surface area contributed by atoms with E-state index in [9.17, 15) is 24.8 Å². The normalized spacial score (nSPS) is 15.7. The smallest absolute Gasteiger partial charge is 0.326 e. The highest BCUT2D eigenvalue weighted by Gasteiger charge is 2.38. The van der Waals surface area contributed by atoms with Crippen LogP contribution in [0.3, 0.4) is 0 Å². The number of fused-ring (bicyclic) bond motifs is 1. The highest BCUT2D eigenvalue weighted by atomic mass is 16.6. The Morgan fingerprint density at radius 3 is 2.54 bits per heavy atom. The van der Waals surface area contributed by atoms with E-state index in [1.807, 2.05) is 19.1 Å². The number of nitrogens with zero attached hydrogens (tertiary/aromatic N) is 2. The summed E-state index contributed by atoms with van der Waals surface area (Å²) in [5, 5.41) is 20.7. The topological polar surface area (TPSA) is 110 Å². The highest BCUT2D eigenvalue weighted by Crippen LogP contribution is 2.40. The molecule has 1 heterocycles. The van der Waals surface area contributed by atoms with Crippen LogP contribution >= 0.6 is 0 Å². The summed E-state index contributed by atoms with van der Waals surface area (Å²) in [5.74, 6) is -1.82. The van der Waals surface area contributed by atoms with Crippen LogP contribution in [0.1, 0.15) is 24.5 Å². The molecule has 8 nitrogen and oxygen atoms in total. The number of carbonyl (C=O) groups excluding carboxylic acids is 1. The Morgan fingerprint density at radius 2 is 1.96 bits per heavy atom. The van der Waals surface area contributed by atoms with Crippen molar-refractivity contribution in [3.8, 4) is 5.75 Å². The molecular formula is C20H18N2O6. The summed E-state index contributed by atoms with van der Waals surface area (Å²) in [5.41, 5.74) is 1.70. The molecular weight excluding hydrogens is 364 g/mol. The Morgan fingerprint density at radius 1 is 1.29 bits per heavy atom. The molecule has 1 aliphatic rings. The maximum absolute atomic E-state index is 13.0. The van der Waals surface area contributed by atoms with Crippen LogP contribution in [0.5, 0.6) is 5.75 Å². The number of amides is 1. The maximum atomic E-state index is 13.0. The molecule has 1 N–H and O–H groups in total. The second-order valence-corrected chi connectivity index (χ2v) is 6.37. The highest BCUT2D eigenvalue weighted by molar-refractivity contribution is 6.12. The summed E-state index contributed by atoms with van der Waals surface area (Å²) in [6.07, 6.45) is 1.65. The summed E-state index contributed by atoms with van der Waals surface area (Å²) in [6.45, 7) is 3.57. The Labute approximate surface area is 160 Å². The van der Waals surface area contributed by atoms with Gasteiger partial charge in [0.1, 0.15) is 6.04 Å². The number of non-ortho nitro benzene ring substituents is 1. The molecule has 0 bridgehead atoms. The van der Waals surface area contributed by atoms with Crippen LogP contribution in [0.4, 0.5) is 11.4 Å². The van der Waals surface area contributed by atoms with Crippen molar-refractivity contribution in [2.75, 3.05) is 4.90 Å². The van der Waals surface area contributed by atoms with Gasteiger partial charge in [0, 0.05) is 6.07 Å². The SMILES string of the molecule is CCC(C(=O)O)N1C(=O)/C(=C\c2ccc(C)cc2)Oc2cc([N+](=O)[O-])ccc21. The van der Waals surface area contributed by atoms with Crippen molar-refractivity contribution in [2.45, 2.75) is 26.3 Å². The summed E-state index contributed by atoms with van der Waals surface area (Å²) in [4.78, 5) is 36.3. The lowest BCUT2D eigenvalue weighted by molar-refractivity contribution is -0.384. The standard InChI is InChI=1S/C20H18N2O6/c1-3-15(20(24)25)21-16-9-8-14(22(26)27)11-17(16)28-18(19(21)23)10-13-6-4-12(2)5-7-13/h4-11,15H,3H2,1-2H3,(H,24,25)/b18-10+. The van der Waals surface area contributed by atoms with Gasteiger partial charge in [-0.05, 0) is 31.1 Å². The lowest BCUT2D eigenvalue weighted by atomic mass is 10.1. The summed E-state index contributed by atoms with van der Waals surface area (Å²) in [6, 6.07) is 9.92. The molecule has 2 aromatic rings. The lowest BCUT2D eigenvalue weighted by Crippen LogP contribution is -2.48. The van der Waals surface area contributed by atoms with Gasteiger partial charge in [-0.2, -0.15) is 0 Å². The number of hydrogen-bond donors (Lipinski definition) is 1. The number of aliphatic carboxylic acids is 1. The number of nitro benzene ring substituents is 1. The number of benzene rings is 2. The number of nitro groups is 1. The quantitative estimate of drug-likeness (QED) is 0.481. The molecule has 1 atom stereocenters. The van der Waals surface area contributed by atoms with Crippen LogP contribution in [0.15, 0.2) is 48.2 Å². The van der Waals surface area contributed by atoms with Crippen molar-refractivity contribution in [1.29, 1.82) is 0 Å². The first-order chi connectivity index (χ1) is 13.3. The van der Waals surface area contributed by atoms with Crippen LogP contribution in [-0.2, 0) is 9.59 Å². The van der Waals surface area contributed by atoms with Gasteiger partial charge >= 0.3 is 5.97 Å². The minimum Gasteiger partial charge on any atom is -0.480 e. The van der Waals surface area contributed by atoms with Gasteiger partial charge in [-0.15, -0.1) is 0 Å². The first kappa shape index (κ1) is 19.1. The fourth-order valence-corrected chi connectivity index (χ4v) is 2.97. The molecule has 0 radical (unpaired) electrons. The first-order valence-corrected chi connectivity index (χ1v) is 8.63. The number of carboxylic acids is 1. The zero-order valence-corrected chi connectivity index (χ0v) is 15.3. The Balaban J connectivity index is 2.14. The largest absolute Gasteiger partial charge is 0.480 e. The molecule has 0 spiro atoms. The zero-order chi connectivity index (χ0) is 20.4. The minimum atomic E-state index is -1.17. The van der Waals surface area contributed by atoms with Crippen LogP contribution in [-0.4, -0.2) is 27.9 Å². The van der Waals surface area contributed by atoms with Gasteiger partial charge in [0.2, 0.25) is 0 Å². The van der Waals surface area contributed by atoms with E-state index in [0.29, 0.717) is 5.56 Å². The molecule has 28 heavy (non-hydrogen) atoms. The van der Waals surface area contributed by atoms with E-state index in [2.05, 4.69) is 0 Å². The van der Waals surface area contributed by atoms with Crippen molar-refractivity contribution in [3.05, 3.63) is 69.5 Å². The Bertz CT molecular complexity index is 981. The van der Waals surface area contributed by atoms with Gasteiger partial charge in [0.15, 0.2) is 11.5 Å². The number of carbonyl (C=O) groups is 2. The Kier molecular flexibility index (Phi) is 5.12. The molecule has 1 unspecified atom stereocenters. The van der Waals surface area contributed by atoms with Crippen LogP contribution < -0.4 is 9.64 Å². The molecule has 0 saturated heterocycles. The molecule has 2 aromatic carbocycles. The van der Waals surface area contributed by atoms with Gasteiger partial charge in [-0.25, -0.2) is 4.79 Å². The third-order valence-corrected chi connectivity index (χ3v) is 4.42. The number of ether oxygens (including phenoxy) is 1. The van der Waals surface area contributed by atoms with Crippen LogP contribution in [0.25, 0.3) is 6.08 Å². The molecule has 1 amide bonds. The third kappa shape index (κ3) is 3.57. The molecule has 1 aliphatic heterocycles. The van der Waals surface area contributed by atoms with E-state index in [1.54, 1.807) is 19.1 Å². The predicted molar refractivity (Wildman–Crippen MR) is 102 cm³/mol. The summed E-state index contributed by atoms with van der Waals surface area (Å²) in [7, 11) is 0. The molecule has 8 heteroatoms. The van der Waals surface area contributed by atoms with Crippen molar-refractivity contribution >= 4 is 29.3 Å². The van der Waals surface area contributed by atoms with Crippen LogP contribution in [0.2, 0.25) is 0 Å². The van der Waals surface area contributed by atoms with E-state index < -0.39 is 22.8 Å². The van der Waals surface area contributed by atoms with Gasteiger partial charge in [-0.3, -0.25) is 19.8 Å². The fourth-order valence-electron chi connectivity index (χ4n) is 2.97. The predicted octanol–water partition coefficient (Wildman–Crippen LogP) is 3.53. The average Bonchev–Trinajstić information content (AvgIpc) is 2.66. The molecule has 3 rings (SSSR count). The van der Waals surface area contributed by atoms with E-state index in [4.69, 9.17) is 4.74 Å². The van der Waals surface area contributed by atoms with E-state index in [0.717, 1.165) is 10.5 Å². The minimum absolute atomic E-state index is 0.0619. The van der Waals surface area contributed by atoms with Crippen molar-refractivity contribution < 1.29 is 24.4 Å². The van der Waals surface area contributed by atoms with Gasteiger partial charge in [0.25, 0.3) is 11.6 Å². The molecule has 0 saturated carbocycles. The van der Waals surface area contributed by atoms with E-state index in [-0.39, 0.29) is 29.3 Å². The van der Waals surface area contributed by atoms with Gasteiger partial charge in [-0.1, -0.05) is 36.8 Å². The zero-order valence-electron chi connectivity index (χ0n) is 15.3. The monoisotopic (exact) mass is 382 g/mol. The second kappa shape index (κ2) is 7.51. The molecule has 0 fully saturated rings. The number of anilines is 1. The third-order valence-electron chi connectivity index (χ3n) is 4.42. The van der Waals surface area contributed by atoms with Gasteiger partial charge in [0.05, 0.1) is 16.7 Å². The summed E-state index contributed by atoms with van der Waals surface area (Å²) >= 11 is 0. The van der Waals surface area contributed by atoms with Crippen molar-refractivity contribution in [1.82, 2.24) is 0 Å². The van der Waals surface area contributed by atoms with E-state index >= 15 is 0 Å². The van der Waals surface area contributed by atoms with Crippen molar-refractivity contribution in [3.63, 3.8) is 0 Å².